The molecule has 0 heterocycles. The van der Waals surface area contributed by atoms with Crippen LogP contribution in [0, 0.1) is 23.7 Å². The SMILES string of the molecule is CCCN(Cc1ccc(Oc2ccccc2)cc1)C(=O)C1[C@@H](C(=O)O)C(C(=O)N(Cc2ccccc2)Cc2ccc(Oc3ccccc3)cc2)[C@@H]1C(=O)O. The van der Waals surface area contributed by atoms with Gasteiger partial charge in [-0.05, 0) is 71.6 Å². The Balaban J connectivity index is 1.22. The summed E-state index contributed by atoms with van der Waals surface area (Å²) in [7, 11) is 0. The Morgan fingerprint density at radius 3 is 1.19 bits per heavy atom. The summed E-state index contributed by atoms with van der Waals surface area (Å²) in [5, 5.41) is 21.0. The fourth-order valence-electron chi connectivity index (χ4n) is 6.97. The van der Waals surface area contributed by atoms with Crippen molar-refractivity contribution in [3.05, 3.63) is 156 Å². The fourth-order valence-corrected chi connectivity index (χ4v) is 6.97. The largest absolute Gasteiger partial charge is 0.481 e. The van der Waals surface area contributed by atoms with Gasteiger partial charge in [0.1, 0.15) is 23.0 Å². The lowest BCUT2D eigenvalue weighted by molar-refractivity contribution is -0.188. The highest BCUT2D eigenvalue weighted by molar-refractivity contribution is 5.99. The van der Waals surface area contributed by atoms with Crippen LogP contribution in [0.4, 0.5) is 0 Å². The van der Waals surface area contributed by atoms with E-state index in [9.17, 15) is 29.4 Å². The standard InChI is InChI=1S/C44H42N2O8/c1-2-26-45(27-31-18-22-35(23-19-31)53-33-14-8-4-9-15-33)41(47)37-39(43(49)50)38(40(37)44(51)52)42(48)46(28-30-12-6-3-7-13-30)29-32-20-24-36(25-21-32)54-34-16-10-5-11-17-34/h3-25,37-40H,2,26-29H2,1H3,(H,49,50)(H,51,52)/t37?,38?,39-,40-/m1/s1. The van der Waals surface area contributed by atoms with Crippen LogP contribution in [0.25, 0.3) is 0 Å². The lowest BCUT2D eigenvalue weighted by atomic mass is 9.55. The van der Waals surface area contributed by atoms with Crippen LogP contribution in [-0.4, -0.2) is 50.3 Å². The van der Waals surface area contributed by atoms with E-state index < -0.39 is 47.4 Å². The molecule has 0 aliphatic heterocycles. The minimum atomic E-state index is -1.52. The highest BCUT2D eigenvalue weighted by Crippen LogP contribution is 2.49. The quantitative estimate of drug-likeness (QED) is 0.105. The normalized spacial score (nSPS) is 17.4. The molecule has 10 heteroatoms. The number of nitrogens with zero attached hydrogens (tertiary/aromatic N) is 2. The maximum absolute atomic E-state index is 14.4. The molecule has 1 fully saturated rings. The molecule has 1 saturated carbocycles. The molecule has 2 amide bonds. The first-order chi connectivity index (χ1) is 26.2. The third-order valence-electron chi connectivity index (χ3n) is 9.57. The van der Waals surface area contributed by atoms with Gasteiger partial charge in [-0.15, -0.1) is 0 Å². The van der Waals surface area contributed by atoms with Crippen LogP contribution < -0.4 is 9.47 Å². The number of ether oxygens (including phenoxy) is 2. The Morgan fingerprint density at radius 2 is 0.796 bits per heavy atom. The summed E-state index contributed by atoms with van der Waals surface area (Å²) in [6, 6.07) is 42.2. The molecule has 54 heavy (non-hydrogen) atoms. The molecular formula is C44H42N2O8. The molecule has 1 aliphatic carbocycles. The Morgan fingerprint density at radius 1 is 0.463 bits per heavy atom. The second-order valence-corrected chi connectivity index (χ2v) is 13.3. The lowest BCUT2D eigenvalue weighted by Gasteiger charge is -2.48. The van der Waals surface area contributed by atoms with Crippen LogP contribution >= 0.6 is 0 Å². The van der Waals surface area contributed by atoms with E-state index in [1.165, 1.54) is 9.80 Å². The molecule has 0 saturated heterocycles. The van der Waals surface area contributed by atoms with Crippen molar-refractivity contribution in [2.45, 2.75) is 33.0 Å². The van der Waals surface area contributed by atoms with Crippen LogP contribution in [0.5, 0.6) is 23.0 Å². The van der Waals surface area contributed by atoms with Crippen molar-refractivity contribution in [2.75, 3.05) is 6.54 Å². The monoisotopic (exact) mass is 726 g/mol. The first-order valence-electron chi connectivity index (χ1n) is 17.9. The van der Waals surface area contributed by atoms with Crippen LogP contribution in [0.15, 0.2) is 140 Å². The molecule has 0 spiro atoms. The number of hydrogen-bond donors (Lipinski definition) is 2. The summed E-state index contributed by atoms with van der Waals surface area (Å²) in [4.78, 5) is 57.3. The molecule has 2 N–H and O–H groups in total. The number of aliphatic carboxylic acids is 2. The summed E-state index contributed by atoms with van der Waals surface area (Å²) in [5.74, 6) is -7.38. The molecule has 6 rings (SSSR count). The van der Waals surface area contributed by atoms with E-state index in [2.05, 4.69) is 0 Å². The van der Waals surface area contributed by atoms with Gasteiger partial charge in [-0.3, -0.25) is 19.2 Å². The van der Waals surface area contributed by atoms with Gasteiger partial charge in [0.25, 0.3) is 0 Å². The van der Waals surface area contributed by atoms with Crippen molar-refractivity contribution in [3.63, 3.8) is 0 Å². The van der Waals surface area contributed by atoms with E-state index >= 15 is 0 Å². The molecule has 5 aromatic carbocycles. The average molecular weight is 727 g/mol. The number of carbonyl (C=O) groups excluding carboxylic acids is 2. The van der Waals surface area contributed by atoms with Crippen LogP contribution in [0.2, 0.25) is 0 Å². The third-order valence-corrected chi connectivity index (χ3v) is 9.57. The average Bonchev–Trinajstić information content (AvgIpc) is 3.16. The molecule has 10 nitrogen and oxygen atoms in total. The number of para-hydroxylation sites is 2. The minimum absolute atomic E-state index is 0.0824. The van der Waals surface area contributed by atoms with Gasteiger partial charge in [-0.2, -0.15) is 0 Å². The van der Waals surface area contributed by atoms with Crippen molar-refractivity contribution in [3.8, 4) is 23.0 Å². The Hall–Kier alpha value is -6.42. The van der Waals surface area contributed by atoms with Gasteiger partial charge in [-0.1, -0.05) is 97.9 Å². The summed E-state index contributed by atoms with van der Waals surface area (Å²) in [5.41, 5.74) is 2.28. The smallest absolute Gasteiger partial charge is 0.308 e. The second-order valence-electron chi connectivity index (χ2n) is 13.3. The number of carbonyl (C=O) groups is 4. The summed E-state index contributed by atoms with van der Waals surface area (Å²) >= 11 is 0. The number of hydrogen-bond acceptors (Lipinski definition) is 6. The predicted molar refractivity (Wildman–Crippen MR) is 202 cm³/mol. The Kier molecular flexibility index (Phi) is 12.0. The second kappa shape index (κ2) is 17.4. The topological polar surface area (TPSA) is 134 Å². The van der Waals surface area contributed by atoms with Crippen molar-refractivity contribution < 1.29 is 38.9 Å². The molecular weight excluding hydrogens is 684 g/mol. The lowest BCUT2D eigenvalue weighted by Crippen LogP contribution is -2.64. The zero-order valence-electron chi connectivity index (χ0n) is 29.9. The number of carboxylic acid groups (broad SMARTS) is 2. The van der Waals surface area contributed by atoms with Gasteiger partial charge in [-0.25, -0.2) is 0 Å². The maximum Gasteiger partial charge on any atom is 0.308 e. The summed E-state index contributed by atoms with van der Waals surface area (Å²) < 4.78 is 11.8. The van der Waals surface area contributed by atoms with Crippen molar-refractivity contribution in [1.82, 2.24) is 9.80 Å². The predicted octanol–water partition coefficient (Wildman–Crippen LogP) is 7.89. The molecule has 5 aromatic rings. The Bertz CT molecular complexity index is 2000. The zero-order chi connectivity index (χ0) is 38.0. The van der Waals surface area contributed by atoms with E-state index in [1.54, 1.807) is 24.3 Å². The summed E-state index contributed by atoms with van der Waals surface area (Å²) in [6.07, 6.45) is 0.561. The van der Waals surface area contributed by atoms with Gasteiger partial charge in [0.2, 0.25) is 11.8 Å². The molecule has 0 aromatic heterocycles. The first kappa shape index (κ1) is 37.3. The van der Waals surface area contributed by atoms with Gasteiger partial charge in [0, 0.05) is 26.2 Å². The van der Waals surface area contributed by atoms with E-state index in [0.717, 1.165) is 16.7 Å². The highest BCUT2D eigenvalue weighted by Gasteiger charge is 2.64. The van der Waals surface area contributed by atoms with Crippen LogP contribution in [0.1, 0.15) is 30.0 Å². The maximum atomic E-state index is 14.4. The zero-order valence-corrected chi connectivity index (χ0v) is 29.9. The highest BCUT2D eigenvalue weighted by atomic mass is 16.5. The number of carboxylic acids is 2. The number of rotatable bonds is 16. The van der Waals surface area contributed by atoms with Crippen LogP contribution in [-0.2, 0) is 38.8 Å². The van der Waals surface area contributed by atoms with Gasteiger partial charge in [0.05, 0.1) is 23.7 Å². The minimum Gasteiger partial charge on any atom is -0.481 e. The van der Waals surface area contributed by atoms with E-state index in [0.29, 0.717) is 29.4 Å². The van der Waals surface area contributed by atoms with Gasteiger partial charge in [0.15, 0.2) is 0 Å². The molecule has 2 atom stereocenters. The van der Waals surface area contributed by atoms with Crippen molar-refractivity contribution >= 4 is 23.8 Å². The van der Waals surface area contributed by atoms with E-state index in [1.807, 2.05) is 122 Å². The molecule has 1 aliphatic rings. The fraction of sp³-hybridized carbons (Fsp3) is 0.227. The molecule has 0 radical (unpaired) electrons. The molecule has 0 unspecified atom stereocenters. The number of benzene rings is 5. The van der Waals surface area contributed by atoms with Crippen molar-refractivity contribution in [2.24, 2.45) is 23.7 Å². The Labute approximate surface area is 314 Å². The van der Waals surface area contributed by atoms with E-state index in [4.69, 9.17) is 9.47 Å². The summed E-state index contributed by atoms with van der Waals surface area (Å²) in [6.45, 7) is 2.49. The molecule has 276 valence electrons. The van der Waals surface area contributed by atoms with E-state index in [-0.39, 0.29) is 26.2 Å². The van der Waals surface area contributed by atoms with Crippen molar-refractivity contribution in [1.29, 1.82) is 0 Å². The molecule has 0 bridgehead atoms. The number of amides is 2. The third kappa shape index (κ3) is 8.95. The van der Waals surface area contributed by atoms with Gasteiger partial charge < -0.3 is 29.5 Å². The van der Waals surface area contributed by atoms with Gasteiger partial charge >= 0.3 is 11.9 Å². The first-order valence-corrected chi connectivity index (χ1v) is 17.9. The van der Waals surface area contributed by atoms with Crippen LogP contribution in [0.3, 0.4) is 0 Å².